The second-order valence-corrected chi connectivity index (χ2v) is 1.83. The Bertz CT molecular complexity index is 138. The minimum Gasteiger partial charge on any atom is -0.294 e. The fourth-order valence-electron chi connectivity index (χ4n) is 0.531. The van der Waals surface area contributed by atoms with Gasteiger partial charge in [-0.05, 0) is 13.3 Å². The van der Waals surface area contributed by atoms with Gasteiger partial charge in [0, 0.05) is 5.57 Å². The number of hydrogen-bond donors (Lipinski definition) is 0. The molecule has 10 heavy (non-hydrogen) atoms. The first kappa shape index (κ1) is 9.17. The zero-order valence-electron chi connectivity index (χ0n) is 6.51. The summed E-state index contributed by atoms with van der Waals surface area (Å²) < 4.78 is 0. The van der Waals surface area contributed by atoms with Gasteiger partial charge in [-0.2, -0.15) is 4.89 Å². The molecular formula is C7H12O3. The second-order valence-electron chi connectivity index (χ2n) is 1.83. The highest BCUT2D eigenvalue weighted by Crippen LogP contribution is 1.97. The predicted molar refractivity (Wildman–Crippen MR) is 37.1 cm³/mol. The van der Waals surface area contributed by atoms with Crippen molar-refractivity contribution in [3.05, 3.63) is 11.6 Å². The first-order valence-corrected chi connectivity index (χ1v) is 3.14. The smallest absolute Gasteiger partial charge is 0.294 e. The van der Waals surface area contributed by atoms with Crippen LogP contribution in [0.1, 0.15) is 20.3 Å². The summed E-state index contributed by atoms with van der Waals surface area (Å²) in [4.78, 5) is 19.1. The molecule has 0 aliphatic carbocycles. The molecule has 0 N–H and O–H groups in total. The van der Waals surface area contributed by atoms with Crippen molar-refractivity contribution in [3.8, 4) is 0 Å². The first-order valence-electron chi connectivity index (χ1n) is 3.14. The molecule has 0 aliphatic rings. The summed E-state index contributed by atoms with van der Waals surface area (Å²) >= 11 is 0. The summed E-state index contributed by atoms with van der Waals surface area (Å²) in [5, 5.41) is 0. The first-order chi connectivity index (χ1) is 4.72. The van der Waals surface area contributed by atoms with Gasteiger partial charge < -0.3 is 0 Å². The largest absolute Gasteiger partial charge is 0.368 e. The predicted octanol–water partition coefficient (Wildman–Crippen LogP) is 1.45. The maximum absolute atomic E-state index is 10.7. The number of carbonyl (C=O) groups excluding carboxylic acids is 1. The molecule has 0 aromatic carbocycles. The van der Waals surface area contributed by atoms with Crippen LogP contribution >= 0.6 is 0 Å². The lowest BCUT2D eigenvalue weighted by molar-refractivity contribution is -0.250. The molecule has 0 heterocycles. The third kappa shape index (κ3) is 3.25. The van der Waals surface area contributed by atoms with Crippen LogP contribution in [0.2, 0.25) is 0 Å². The molecule has 0 spiro atoms. The Hall–Kier alpha value is -0.830. The molecule has 0 aromatic heterocycles. The normalized spacial score (nSPS) is 11.3. The van der Waals surface area contributed by atoms with Crippen LogP contribution in [0.4, 0.5) is 0 Å². The topological polar surface area (TPSA) is 35.5 Å². The van der Waals surface area contributed by atoms with E-state index in [9.17, 15) is 4.79 Å². The van der Waals surface area contributed by atoms with Crippen molar-refractivity contribution in [2.45, 2.75) is 20.3 Å². The van der Waals surface area contributed by atoms with Crippen molar-refractivity contribution in [1.82, 2.24) is 0 Å². The molecule has 0 bridgehead atoms. The zero-order chi connectivity index (χ0) is 7.98. The van der Waals surface area contributed by atoms with E-state index in [0.29, 0.717) is 5.57 Å². The summed E-state index contributed by atoms with van der Waals surface area (Å²) in [7, 11) is 1.30. The monoisotopic (exact) mass is 144 g/mol. The molecule has 58 valence electrons. The summed E-state index contributed by atoms with van der Waals surface area (Å²) in [6.45, 7) is 3.63. The van der Waals surface area contributed by atoms with E-state index in [0.717, 1.165) is 6.42 Å². The Morgan fingerprint density at radius 1 is 1.60 bits per heavy atom. The highest BCUT2D eigenvalue weighted by atomic mass is 17.2. The Labute approximate surface area is 60.6 Å². The molecule has 0 saturated carbocycles. The summed E-state index contributed by atoms with van der Waals surface area (Å²) in [5.41, 5.74) is 0.573. The lowest BCUT2D eigenvalue weighted by Crippen LogP contribution is -2.04. The van der Waals surface area contributed by atoms with E-state index >= 15 is 0 Å². The van der Waals surface area contributed by atoms with Gasteiger partial charge in [-0.3, -0.25) is 4.89 Å². The highest BCUT2D eigenvalue weighted by molar-refractivity contribution is 5.87. The molecule has 0 atom stereocenters. The molecule has 3 nitrogen and oxygen atoms in total. The average Bonchev–Trinajstić information content (AvgIpc) is 1.89. The van der Waals surface area contributed by atoms with E-state index in [1.165, 1.54) is 7.11 Å². The number of rotatable bonds is 3. The fraction of sp³-hybridized carbons (Fsp3) is 0.571. The summed E-state index contributed by atoms with van der Waals surface area (Å²) in [5.74, 6) is -0.427. The Kier molecular flexibility index (Phi) is 4.58. The average molecular weight is 144 g/mol. The van der Waals surface area contributed by atoms with Gasteiger partial charge in [-0.25, -0.2) is 4.79 Å². The van der Waals surface area contributed by atoms with Crippen molar-refractivity contribution in [1.29, 1.82) is 0 Å². The van der Waals surface area contributed by atoms with Crippen molar-refractivity contribution in [3.63, 3.8) is 0 Å². The molecule has 0 fully saturated rings. The molecular weight excluding hydrogens is 132 g/mol. The fourth-order valence-corrected chi connectivity index (χ4v) is 0.531. The van der Waals surface area contributed by atoms with Crippen LogP contribution < -0.4 is 0 Å². The minimum atomic E-state index is -0.427. The van der Waals surface area contributed by atoms with Gasteiger partial charge in [0.05, 0.1) is 7.11 Å². The van der Waals surface area contributed by atoms with Crippen LogP contribution in [-0.2, 0) is 14.6 Å². The Balaban J connectivity index is 3.82. The Morgan fingerprint density at radius 2 is 2.20 bits per heavy atom. The maximum atomic E-state index is 10.7. The maximum Gasteiger partial charge on any atom is 0.368 e. The molecule has 3 heteroatoms. The van der Waals surface area contributed by atoms with E-state index in [2.05, 4.69) is 9.78 Å². The van der Waals surface area contributed by atoms with Crippen molar-refractivity contribution >= 4 is 5.97 Å². The lowest BCUT2D eigenvalue weighted by atomic mass is 10.2. The summed E-state index contributed by atoms with van der Waals surface area (Å²) in [6.07, 6.45) is 2.60. The molecule has 0 amide bonds. The second kappa shape index (κ2) is 4.99. The van der Waals surface area contributed by atoms with Crippen LogP contribution in [0.15, 0.2) is 11.6 Å². The van der Waals surface area contributed by atoms with Crippen LogP contribution in [-0.4, -0.2) is 13.1 Å². The number of allylic oxidation sites excluding steroid dienone is 1. The van der Waals surface area contributed by atoms with Gasteiger partial charge in [0.15, 0.2) is 0 Å². The number of carbonyl (C=O) groups is 1. The molecule has 0 aliphatic heterocycles. The van der Waals surface area contributed by atoms with Gasteiger partial charge in [0.25, 0.3) is 0 Å². The van der Waals surface area contributed by atoms with Gasteiger partial charge in [-0.1, -0.05) is 13.0 Å². The molecule has 0 aromatic rings. The van der Waals surface area contributed by atoms with E-state index in [1.807, 2.05) is 6.92 Å². The van der Waals surface area contributed by atoms with E-state index < -0.39 is 5.97 Å². The quantitative estimate of drug-likeness (QED) is 0.341. The van der Waals surface area contributed by atoms with Crippen molar-refractivity contribution in [2.75, 3.05) is 7.11 Å². The minimum absolute atomic E-state index is 0.427. The van der Waals surface area contributed by atoms with E-state index in [4.69, 9.17) is 0 Å². The highest BCUT2D eigenvalue weighted by Gasteiger charge is 2.03. The zero-order valence-corrected chi connectivity index (χ0v) is 6.51. The molecule has 0 rings (SSSR count). The standard InChI is InChI=1S/C7H12O3/c1-4-5-6(2)7(8)10-9-3/h5H,4H2,1-3H3. The lowest BCUT2D eigenvalue weighted by Gasteiger charge is -1.97. The van der Waals surface area contributed by atoms with Crippen LogP contribution in [0, 0.1) is 0 Å². The Morgan fingerprint density at radius 3 is 2.60 bits per heavy atom. The van der Waals surface area contributed by atoms with Gasteiger partial charge in [0.2, 0.25) is 0 Å². The van der Waals surface area contributed by atoms with Crippen LogP contribution in [0.3, 0.4) is 0 Å². The molecule has 0 unspecified atom stereocenters. The molecule has 0 saturated heterocycles. The van der Waals surface area contributed by atoms with Crippen molar-refractivity contribution in [2.24, 2.45) is 0 Å². The third-order valence-corrected chi connectivity index (χ3v) is 0.991. The number of hydrogen-bond acceptors (Lipinski definition) is 3. The van der Waals surface area contributed by atoms with E-state index in [-0.39, 0.29) is 0 Å². The third-order valence-electron chi connectivity index (χ3n) is 0.991. The van der Waals surface area contributed by atoms with E-state index in [1.54, 1.807) is 13.0 Å². The van der Waals surface area contributed by atoms with Gasteiger partial charge in [0.1, 0.15) is 0 Å². The van der Waals surface area contributed by atoms with Gasteiger partial charge >= 0.3 is 5.97 Å². The van der Waals surface area contributed by atoms with Gasteiger partial charge in [-0.15, -0.1) is 0 Å². The molecule has 0 radical (unpaired) electrons. The van der Waals surface area contributed by atoms with Crippen molar-refractivity contribution < 1.29 is 14.6 Å². The van der Waals surface area contributed by atoms with Crippen LogP contribution in [0.25, 0.3) is 0 Å². The van der Waals surface area contributed by atoms with Crippen LogP contribution in [0.5, 0.6) is 0 Å². The SMILES string of the molecule is CCC=C(C)C(=O)OOC. The summed E-state index contributed by atoms with van der Waals surface area (Å²) in [6, 6.07) is 0.